The van der Waals surface area contributed by atoms with Gasteiger partial charge in [0, 0.05) is 31.6 Å². The molecular formula is C24H21ClN4O2S. The van der Waals surface area contributed by atoms with E-state index in [0.29, 0.717) is 13.0 Å². The van der Waals surface area contributed by atoms with Crippen LogP contribution in [0.2, 0.25) is 5.28 Å². The normalized spacial score (nSPS) is 14.3. The van der Waals surface area contributed by atoms with Gasteiger partial charge in [-0.25, -0.2) is 13.4 Å². The van der Waals surface area contributed by atoms with Crippen LogP contribution in [0, 0.1) is 0 Å². The van der Waals surface area contributed by atoms with Gasteiger partial charge in [0.15, 0.2) is 0 Å². The molecule has 0 saturated heterocycles. The summed E-state index contributed by atoms with van der Waals surface area (Å²) in [5.74, 6) is 0.242. The molecule has 4 aromatic rings. The zero-order valence-electron chi connectivity index (χ0n) is 17.2. The maximum Gasteiger partial charge on any atom is 0.263 e. The van der Waals surface area contributed by atoms with Crippen molar-refractivity contribution in [3.63, 3.8) is 0 Å². The van der Waals surface area contributed by atoms with E-state index in [1.165, 1.54) is 5.56 Å². The van der Waals surface area contributed by atoms with E-state index in [0.717, 1.165) is 35.1 Å². The molecule has 0 amide bonds. The number of aromatic nitrogens is 2. The molecule has 6 nitrogen and oxygen atoms in total. The first-order valence-corrected chi connectivity index (χ1v) is 12.2. The number of rotatable bonds is 5. The molecule has 1 aliphatic heterocycles. The summed E-state index contributed by atoms with van der Waals surface area (Å²) in [4.78, 5) is 11.0. The van der Waals surface area contributed by atoms with Crippen LogP contribution < -0.4 is 4.72 Å². The van der Waals surface area contributed by atoms with Gasteiger partial charge in [-0.05, 0) is 40.1 Å². The summed E-state index contributed by atoms with van der Waals surface area (Å²) in [6, 6.07) is 22.9. The summed E-state index contributed by atoms with van der Waals surface area (Å²) >= 11 is 6.13. The Bertz CT molecular complexity index is 1390. The second-order valence-electron chi connectivity index (χ2n) is 7.83. The predicted molar refractivity (Wildman–Crippen MR) is 126 cm³/mol. The van der Waals surface area contributed by atoms with E-state index < -0.39 is 10.0 Å². The number of nitrogens with one attached hydrogen (secondary N) is 1. The largest absolute Gasteiger partial charge is 0.294 e. The molecule has 3 aromatic carbocycles. The lowest BCUT2D eigenvalue weighted by Crippen LogP contribution is -2.32. The first kappa shape index (κ1) is 20.9. The van der Waals surface area contributed by atoms with Crippen molar-refractivity contribution in [3.05, 3.63) is 94.9 Å². The second kappa shape index (κ2) is 8.50. The van der Waals surface area contributed by atoms with Crippen molar-refractivity contribution in [2.75, 3.05) is 11.3 Å². The number of benzene rings is 3. The van der Waals surface area contributed by atoms with Crippen molar-refractivity contribution in [1.29, 1.82) is 0 Å². The Morgan fingerprint density at radius 1 is 0.938 bits per heavy atom. The number of fused-ring (bicyclic) bond motifs is 2. The molecule has 162 valence electrons. The quantitative estimate of drug-likeness (QED) is 0.435. The fraction of sp³-hybridized carbons (Fsp3) is 0.167. The van der Waals surface area contributed by atoms with Gasteiger partial charge < -0.3 is 0 Å². The second-order valence-corrected chi connectivity index (χ2v) is 9.85. The molecule has 1 N–H and O–H groups in total. The van der Waals surface area contributed by atoms with Crippen molar-refractivity contribution >= 4 is 38.2 Å². The Morgan fingerprint density at radius 3 is 2.50 bits per heavy atom. The monoisotopic (exact) mass is 464 g/mol. The van der Waals surface area contributed by atoms with Gasteiger partial charge in [-0.3, -0.25) is 9.62 Å². The van der Waals surface area contributed by atoms with Gasteiger partial charge >= 0.3 is 0 Å². The Kier molecular flexibility index (Phi) is 5.55. The van der Waals surface area contributed by atoms with Gasteiger partial charge in [-0.15, -0.1) is 0 Å². The van der Waals surface area contributed by atoms with Crippen molar-refractivity contribution < 1.29 is 8.42 Å². The molecule has 0 spiro atoms. The highest BCUT2D eigenvalue weighted by Gasteiger charge is 2.25. The minimum Gasteiger partial charge on any atom is -0.294 e. The molecule has 0 atom stereocenters. The molecule has 5 rings (SSSR count). The van der Waals surface area contributed by atoms with E-state index >= 15 is 0 Å². The van der Waals surface area contributed by atoms with Crippen LogP contribution in [-0.4, -0.2) is 29.8 Å². The van der Waals surface area contributed by atoms with Gasteiger partial charge in [0.2, 0.25) is 5.28 Å². The van der Waals surface area contributed by atoms with Crippen LogP contribution in [-0.2, 0) is 29.5 Å². The third-order valence-corrected chi connectivity index (χ3v) is 7.13. The van der Waals surface area contributed by atoms with Gasteiger partial charge in [0.05, 0.1) is 10.6 Å². The van der Waals surface area contributed by atoms with Crippen molar-refractivity contribution in [1.82, 2.24) is 14.9 Å². The van der Waals surface area contributed by atoms with E-state index in [4.69, 9.17) is 11.6 Å². The molecule has 8 heteroatoms. The molecule has 0 bridgehead atoms. The molecule has 0 unspecified atom stereocenters. The topological polar surface area (TPSA) is 75.2 Å². The molecule has 0 saturated carbocycles. The van der Waals surface area contributed by atoms with Gasteiger partial charge in [-0.1, -0.05) is 60.7 Å². The van der Waals surface area contributed by atoms with E-state index in [9.17, 15) is 8.42 Å². The van der Waals surface area contributed by atoms with E-state index in [1.54, 1.807) is 18.2 Å². The fourth-order valence-electron chi connectivity index (χ4n) is 4.02. The molecular weight excluding hydrogens is 444 g/mol. The summed E-state index contributed by atoms with van der Waals surface area (Å²) in [7, 11) is -3.85. The van der Waals surface area contributed by atoms with Crippen LogP contribution in [0.4, 0.5) is 5.82 Å². The Hall–Kier alpha value is -3.00. The Labute approximate surface area is 191 Å². The van der Waals surface area contributed by atoms with Crippen molar-refractivity contribution in [2.24, 2.45) is 0 Å². The number of halogens is 1. The van der Waals surface area contributed by atoms with E-state index in [2.05, 4.69) is 31.7 Å². The molecule has 1 aromatic heterocycles. The van der Waals surface area contributed by atoms with Crippen LogP contribution in [0.15, 0.2) is 77.7 Å². The van der Waals surface area contributed by atoms with Crippen LogP contribution in [0.3, 0.4) is 0 Å². The fourth-order valence-corrected chi connectivity index (χ4v) is 5.28. The first-order valence-electron chi connectivity index (χ1n) is 10.3. The lowest BCUT2D eigenvalue weighted by molar-refractivity contribution is 0.243. The highest BCUT2D eigenvalue weighted by atomic mass is 35.5. The number of hydrogen-bond acceptors (Lipinski definition) is 5. The average molecular weight is 465 g/mol. The van der Waals surface area contributed by atoms with Crippen molar-refractivity contribution in [3.8, 4) is 0 Å². The Morgan fingerprint density at radius 2 is 1.69 bits per heavy atom. The predicted octanol–water partition coefficient (Wildman–Crippen LogP) is 4.64. The van der Waals surface area contributed by atoms with Crippen LogP contribution in [0.25, 0.3) is 10.8 Å². The summed E-state index contributed by atoms with van der Waals surface area (Å²) in [6.07, 6.45) is 0.676. The smallest absolute Gasteiger partial charge is 0.263 e. The summed E-state index contributed by atoms with van der Waals surface area (Å²) < 4.78 is 29.0. The highest BCUT2D eigenvalue weighted by molar-refractivity contribution is 7.92. The minimum atomic E-state index is -3.85. The summed E-state index contributed by atoms with van der Waals surface area (Å²) in [5.41, 5.74) is 2.75. The SMILES string of the molecule is O=S(=O)(Nc1nc(Cl)nc2c1CN(Cc1ccccc1)CC2)c1ccc2ccccc2c1. The lowest BCUT2D eigenvalue weighted by atomic mass is 10.1. The molecule has 32 heavy (non-hydrogen) atoms. The third kappa shape index (κ3) is 4.32. The zero-order chi connectivity index (χ0) is 22.1. The maximum absolute atomic E-state index is 13.2. The highest BCUT2D eigenvalue weighted by Crippen LogP contribution is 2.28. The number of hydrogen-bond donors (Lipinski definition) is 1. The third-order valence-electron chi connectivity index (χ3n) is 5.62. The first-order chi connectivity index (χ1) is 15.5. The summed E-state index contributed by atoms with van der Waals surface area (Å²) in [5, 5.41) is 1.87. The molecule has 1 aliphatic rings. The average Bonchev–Trinajstić information content (AvgIpc) is 2.79. The lowest BCUT2D eigenvalue weighted by Gasteiger charge is -2.29. The van der Waals surface area contributed by atoms with Crippen molar-refractivity contribution in [2.45, 2.75) is 24.4 Å². The van der Waals surface area contributed by atoms with E-state index in [-0.39, 0.29) is 16.0 Å². The van der Waals surface area contributed by atoms with Crippen LogP contribution in [0.5, 0.6) is 0 Å². The van der Waals surface area contributed by atoms with Gasteiger partial charge in [-0.2, -0.15) is 4.98 Å². The molecule has 0 fully saturated rings. The minimum absolute atomic E-state index is 0.0384. The van der Waals surface area contributed by atoms with E-state index in [1.807, 2.05) is 42.5 Å². The standard InChI is InChI=1S/C24H21ClN4O2S/c25-24-26-22-12-13-29(15-17-6-2-1-3-7-17)16-21(22)23(27-24)28-32(30,31)20-11-10-18-8-4-5-9-19(18)14-20/h1-11,14H,12-13,15-16H2,(H,26,27,28). The maximum atomic E-state index is 13.2. The van der Waals surface area contributed by atoms with Gasteiger partial charge in [0.25, 0.3) is 10.0 Å². The molecule has 2 heterocycles. The van der Waals surface area contributed by atoms with Gasteiger partial charge in [0.1, 0.15) is 5.82 Å². The van der Waals surface area contributed by atoms with Crippen LogP contribution in [0.1, 0.15) is 16.8 Å². The number of sulfonamides is 1. The molecule has 0 aliphatic carbocycles. The number of anilines is 1. The number of nitrogens with zero attached hydrogens (tertiary/aromatic N) is 3. The van der Waals surface area contributed by atoms with Crippen LogP contribution >= 0.6 is 11.6 Å². The zero-order valence-corrected chi connectivity index (χ0v) is 18.8. The molecule has 0 radical (unpaired) electrons. The summed E-state index contributed by atoms with van der Waals surface area (Å²) in [6.45, 7) is 2.11. The Balaban J connectivity index is 1.45.